The molecule has 0 aliphatic carbocycles. The van der Waals surface area contributed by atoms with Crippen molar-refractivity contribution in [1.82, 2.24) is 30.5 Å². The van der Waals surface area contributed by atoms with Crippen molar-refractivity contribution in [3.05, 3.63) is 60.6 Å². The molecule has 4 rings (SSSR count). The van der Waals surface area contributed by atoms with E-state index in [2.05, 4.69) is 41.1 Å². The lowest BCUT2D eigenvalue weighted by atomic mass is 10.2. The van der Waals surface area contributed by atoms with Gasteiger partial charge in [0.2, 0.25) is 18.3 Å². The monoisotopic (exact) mass is 450 g/mol. The SMILES string of the molecule is CC(C)(C)OC(O)NCc1cccc(Nc2ncnc(Nc3cc(-c4ccco4)[nH]n3)n2)c1. The van der Waals surface area contributed by atoms with Crippen molar-refractivity contribution in [3.63, 3.8) is 0 Å². The van der Waals surface area contributed by atoms with Crippen LogP contribution in [-0.4, -0.2) is 42.3 Å². The summed E-state index contributed by atoms with van der Waals surface area (Å²) in [5, 5.41) is 26.2. The first-order chi connectivity index (χ1) is 15.8. The van der Waals surface area contributed by atoms with Crippen LogP contribution in [0.5, 0.6) is 0 Å². The molecule has 1 unspecified atom stereocenters. The number of aromatic amines is 1. The summed E-state index contributed by atoms with van der Waals surface area (Å²) in [6.07, 6.45) is 1.94. The number of H-pyrrole nitrogens is 1. The van der Waals surface area contributed by atoms with Crippen LogP contribution < -0.4 is 16.0 Å². The summed E-state index contributed by atoms with van der Waals surface area (Å²) in [4.78, 5) is 12.7. The van der Waals surface area contributed by atoms with Crippen LogP contribution in [0.15, 0.2) is 59.5 Å². The number of aromatic nitrogens is 5. The molecule has 3 heterocycles. The van der Waals surface area contributed by atoms with E-state index in [0.29, 0.717) is 30.0 Å². The largest absolute Gasteiger partial charge is 0.463 e. The number of anilines is 4. The van der Waals surface area contributed by atoms with Crippen molar-refractivity contribution in [3.8, 4) is 11.5 Å². The van der Waals surface area contributed by atoms with Crippen LogP contribution in [0.3, 0.4) is 0 Å². The van der Waals surface area contributed by atoms with E-state index in [0.717, 1.165) is 16.9 Å². The number of hydrogen-bond donors (Lipinski definition) is 5. The van der Waals surface area contributed by atoms with Crippen LogP contribution in [0.2, 0.25) is 0 Å². The van der Waals surface area contributed by atoms with Crippen LogP contribution in [0.4, 0.5) is 23.4 Å². The first-order valence-electron chi connectivity index (χ1n) is 10.3. The molecule has 172 valence electrons. The number of aliphatic hydroxyl groups excluding tert-OH is 1. The van der Waals surface area contributed by atoms with Crippen molar-refractivity contribution >= 4 is 23.4 Å². The maximum Gasteiger partial charge on any atom is 0.233 e. The average Bonchev–Trinajstić information content (AvgIpc) is 3.44. The summed E-state index contributed by atoms with van der Waals surface area (Å²) >= 11 is 0. The Balaban J connectivity index is 1.37. The van der Waals surface area contributed by atoms with Gasteiger partial charge < -0.3 is 24.9 Å². The molecule has 0 saturated carbocycles. The van der Waals surface area contributed by atoms with Gasteiger partial charge in [-0.05, 0) is 50.6 Å². The number of nitrogens with zero attached hydrogens (tertiary/aromatic N) is 4. The molecule has 1 atom stereocenters. The number of nitrogens with one attached hydrogen (secondary N) is 4. The summed E-state index contributed by atoms with van der Waals surface area (Å²) in [6, 6.07) is 13.1. The Kier molecular flexibility index (Phi) is 6.63. The standard InChI is InChI=1S/C22H26N8O3/c1-22(2,3)33-21(31)23-12-14-6-4-7-15(10-14)26-19-24-13-25-20(28-19)27-18-11-16(29-30-18)17-8-5-9-32-17/h4-11,13,21,23,31H,12H2,1-3H3,(H3,24,25,26,27,28,29,30). The Morgan fingerprint density at radius 2 is 1.91 bits per heavy atom. The lowest BCUT2D eigenvalue weighted by Crippen LogP contribution is -2.37. The number of benzene rings is 1. The average molecular weight is 451 g/mol. The molecule has 11 heteroatoms. The van der Waals surface area contributed by atoms with Gasteiger partial charge >= 0.3 is 0 Å². The lowest BCUT2D eigenvalue weighted by Gasteiger charge is -2.24. The van der Waals surface area contributed by atoms with Gasteiger partial charge in [-0.1, -0.05) is 12.1 Å². The third-order valence-electron chi connectivity index (χ3n) is 4.31. The second-order valence-electron chi connectivity index (χ2n) is 8.19. The van der Waals surface area contributed by atoms with Crippen molar-refractivity contribution in [2.24, 2.45) is 0 Å². The highest BCUT2D eigenvalue weighted by molar-refractivity contribution is 5.61. The number of rotatable bonds is 9. The zero-order valence-electron chi connectivity index (χ0n) is 18.5. The second-order valence-corrected chi connectivity index (χ2v) is 8.19. The van der Waals surface area contributed by atoms with Crippen molar-refractivity contribution in [1.29, 1.82) is 0 Å². The van der Waals surface area contributed by atoms with Gasteiger partial charge in [0, 0.05) is 18.3 Å². The van der Waals surface area contributed by atoms with E-state index >= 15 is 0 Å². The molecule has 4 aromatic rings. The van der Waals surface area contributed by atoms with Gasteiger partial charge in [0.15, 0.2) is 11.6 Å². The van der Waals surface area contributed by atoms with E-state index in [-0.39, 0.29) is 0 Å². The molecule has 0 radical (unpaired) electrons. The van der Waals surface area contributed by atoms with Crippen molar-refractivity contribution < 1.29 is 14.3 Å². The van der Waals surface area contributed by atoms with Gasteiger partial charge in [-0.3, -0.25) is 10.4 Å². The first-order valence-corrected chi connectivity index (χ1v) is 10.3. The summed E-state index contributed by atoms with van der Waals surface area (Å²) in [5.74, 6) is 1.93. The molecule has 0 aliphatic rings. The van der Waals surface area contributed by atoms with Gasteiger partial charge in [0.05, 0.1) is 11.9 Å². The number of hydrogen-bond acceptors (Lipinski definition) is 10. The minimum absolute atomic E-state index is 0.338. The van der Waals surface area contributed by atoms with Gasteiger partial charge in [-0.2, -0.15) is 10.1 Å². The normalized spacial score (nSPS) is 12.5. The number of aliphatic hydroxyl groups is 1. The topological polar surface area (TPSA) is 146 Å². The van der Waals surface area contributed by atoms with E-state index in [1.807, 2.05) is 51.1 Å². The fraction of sp³-hybridized carbons (Fsp3) is 0.273. The number of ether oxygens (including phenoxy) is 1. The van der Waals surface area contributed by atoms with Gasteiger partial charge in [-0.25, -0.2) is 9.97 Å². The Labute approximate surface area is 190 Å². The van der Waals surface area contributed by atoms with Crippen molar-refractivity contribution in [2.45, 2.75) is 39.3 Å². The van der Waals surface area contributed by atoms with E-state index in [4.69, 9.17) is 9.15 Å². The highest BCUT2D eigenvalue weighted by Crippen LogP contribution is 2.22. The van der Waals surface area contributed by atoms with Gasteiger partial charge in [0.1, 0.15) is 12.0 Å². The Morgan fingerprint density at radius 3 is 2.67 bits per heavy atom. The van der Waals surface area contributed by atoms with E-state index in [9.17, 15) is 5.11 Å². The Hall–Kier alpha value is -3.80. The van der Waals surface area contributed by atoms with Crippen LogP contribution in [0, 0.1) is 0 Å². The van der Waals surface area contributed by atoms with Crippen molar-refractivity contribution in [2.75, 3.05) is 10.6 Å². The minimum atomic E-state index is -1.06. The Morgan fingerprint density at radius 1 is 1.09 bits per heavy atom. The quantitative estimate of drug-likeness (QED) is 0.240. The van der Waals surface area contributed by atoms with Gasteiger partial charge in [-0.15, -0.1) is 0 Å². The summed E-state index contributed by atoms with van der Waals surface area (Å²) < 4.78 is 10.8. The Bertz CT molecular complexity index is 1170. The minimum Gasteiger partial charge on any atom is -0.463 e. The van der Waals surface area contributed by atoms with Crippen LogP contribution in [0.1, 0.15) is 26.3 Å². The van der Waals surface area contributed by atoms with Crippen LogP contribution in [-0.2, 0) is 11.3 Å². The highest BCUT2D eigenvalue weighted by Gasteiger charge is 2.16. The predicted octanol–water partition coefficient (Wildman–Crippen LogP) is 3.52. The zero-order valence-corrected chi connectivity index (χ0v) is 18.5. The molecule has 5 N–H and O–H groups in total. The molecular weight excluding hydrogens is 424 g/mol. The molecule has 11 nitrogen and oxygen atoms in total. The third kappa shape index (κ3) is 6.59. The van der Waals surface area contributed by atoms with Crippen LogP contribution in [0.25, 0.3) is 11.5 Å². The fourth-order valence-electron chi connectivity index (χ4n) is 2.94. The third-order valence-corrected chi connectivity index (χ3v) is 4.31. The molecule has 0 spiro atoms. The van der Waals surface area contributed by atoms with E-state index < -0.39 is 12.0 Å². The maximum atomic E-state index is 9.96. The highest BCUT2D eigenvalue weighted by atomic mass is 16.6. The molecule has 1 aromatic carbocycles. The van der Waals surface area contributed by atoms with Crippen LogP contribution >= 0.6 is 0 Å². The van der Waals surface area contributed by atoms with E-state index in [1.54, 1.807) is 18.4 Å². The fourth-order valence-corrected chi connectivity index (χ4v) is 2.94. The predicted molar refractivity (Wildman–Crippen MR) is 123 cm³/mol. The first kappa shape index (κ1) is 22.4. The second kappa shape index (κ2) is 9.77. The zero-order chi connectivity index (χ0) is 23.3. The summed E-state index contributed by atoms with van der Waals surface area (Å²) in [5.41, 5.74) is 2.03. The molecule has 0 saturated heterocycles. The molecule has 0 amide bonds. The maximum absolute atomic E-state index is 9.96. The smallest absolute Gasteiger partial charge is 0.233 e. The van der Waals surface area contributed by atoms with Gasteiger partial charge in [0.25, 0.3) is 0 Å². The summed E-state index contributed by atoms with van der Waals surface area (Å²) in [7, 11) is 0. The molecule has 0 bridgehead atoms. The molecule has 3 aromatic heterocycles. The lowest BCUT2D eigenvalue weighted by molar-refractivity contribution is -0.182. The number of furan rings is 1. The molecule has 0 aliphatic heterocycles. The molecule has 0 fully saturated rings. The van der Waals surface area contributed by atoms with E-state index in [1.165, 1.54) is 6.33 Å². The molecular formula is C22H26N8O3. The summed E-state index contributed by atoms with van der Waals surface area (Å²) in [6.45, 7) is 6.06. The molecule has 33 heavy (non-hydrogen) atoms.